The first-order chi connectivity index (χ1) is 30.1. The van der Waals surface area contributed by atoms with E-state index in [4.69, 9.17) is 9.47 Å². The van der Waals surface area contributed by atoms with Gasteiger partial charge in [0.25, 0.3) is 0 Å². The summed E-state index contributed by atoms with van der Waals surface area (Å²) in [6.45, 7) is 23.0. The molecular weight excluding hydrogens is 819 g/mol. The average Bonchev–Trinajstić information content (AvgIpc) is 3.63. The Morgan fingerprint density at radius 1 is 0.953 bits per heavy atom. The lowest BCUT2D eigenvalue weighted by atomic mass is 9.33. The third-order valence-corrected chi connectivity index (χ3v) is 21.9. The fraction of sp³-hybridized carbons (Fsp3) is 0.759. The largest absolute Gasteiger partial charge is 0.475 e. The van der Waals surface area contributed by atoms with Crippen LogP contribution >= 0.6 is 0 Å². The van der Waals surface area contributed by atoms with Crippen molar-refractivity contribution in [2.45, 2.75) is 174 Å². The molecule has 5 fully saturated rings. The molecule has 0 aromatic carbocycles. The third-order valence-electron chi connectivity index (χ3n) is 20.2. The first-order valence-electron chi connectivity index (χ1n) is 25.0. The summed E-state index contributed by atoms with van der Waals surface area (Å²) >= 11 is 0. The Labute approximate surface area is 385 Å². The molecule has 2 N–H and O–H groups in total. The molecule has 64 heavy (non-hydrogen) atoms. The maximum Gasteiger partial charge on any atom is 0.315 e. The van der Waals surface area contributed by atoms with Crippen molar-refractivity contribution in [1.29, 1.82) is 5.26 Å². The quantitative estimate of drug-likeness (QED) is 0.155. The smallest absolute Gasteiger partial charge is 0.315 e. The lowest BCUT2D eigenvalue weighted by molar-refractivity contribution is -0.221. The molecule has 1 aromatic rings. The number of nitrogens with one attached hydrogen (secondary N) is 1. The van der Waals surface area contributed by atoms with E-state index in [1.165, 1.54) is 61.5 Å². The van der Waals surface area contributed by atoms with Crippen molar-refractivity contribution >= 4 is 15.8 Å². The topological polar surface area (TPSA) is 139 Å². The minimum absolute atomic E-state index is 0.0236. The first kappa shape index (κ1) is 47.5. The third kappa shape index (κ3) is 7.75. The lowest BCUT2D eigenvalue weighted by Gasteiger charge is -2.72. The minimum atomic E-state index is -3.08. The summed E-state index contributed by atoms with van der Waals surface area (Å²) in [5.74, 6) is 2.82. The molecule has 0 aliphatic heterocycles. The Morgan fingerprint density at radius 2 is 1.70 bits per heavy atom. The number of aromatic nitrogens is 1. The number of ether oxygens (including phenoxy) is 2. The van der Waals surface area contributed by atoms with Gasteiger partial charge in [0.1, 0.15) is 33.5 Å². The molecule has 9 nitrogen and oxygen atoms in total. The van der Waals surface area contributed by atoms with Crippen LogP contribution in [-0.4, -0.2) is 66.9 Å². The number of sulfone groups is 1. The van der Waals surface area contributed by atoms with E-state index >= 15 is 0 Å². The average molecular weight is 898 g/mol. The van der Waals surface area contributed by atoms with Crippen LogP contribution in [0.3, 0.4) is 0 Å². The summed E-state index contributed by atoms with van der Waals surface area (Å²) in [6.07, 6.45) is 23.5. The van der Waals surface area contributed by atoms with Crippen molar-refractivity contribution in [3.8, 4) is 11.9 Å². The number of carbonyl (C=O) groups excluding carboxylic acids is 1. The second-order valence-corrected chi connectivity index (χ2v) is 25.8. The van der Waals surface area contributed by atoms with E-state index in [0.717, 1.165) is 32.2 Å². The summed E-state index contributed by atoms with van der Waals surface area (Å²) in [5, 5.41) is 25.1. The zero-order valence-electron chi connectivity index (χ0n) is 40.5. The number of aliphatic hydroxyl groups is 1. The zero-order valence-corrected chi connectivity index (χ0v) is 41.3. The number of fused-ring (bicyclic) bond motifs is 7. The Hall–Kier alpha value is -3.00. The normalized spacial score (nSPS) is 41.4. The van der Waals surface area contributed by atoms with Gasteiger partial charge in [0.15, 0.2) is 0 Å². The summed E-state index contributed by atoms with van der Waals surface area (Å²) in [7, 11) is -3.08. The zero-order chi connectivity index (χ0) is 46.1. The van der Waals surface area contributed by atoms with Crippen molar-refractivity contribution in [1.82, 2.24) is 10.3 Å². The summed E-state index contributed by atoms with van der Waals surface area (Å²) in [5.41, 5.74) is 3.51. The number of hydrogen-bond donors (Lipinski definition) is 2. The van der Waals surface area contributed by atoms with E-state index in [-0.39, 0.29) is 50.9 Å². The number of carbonyl (C=O) groups is 1. The minimum Gasteiger partial charge on any atom is -0.475 e. The highest BCUT2D eigenvalue weighted by Gasteiger charge is 2.70. The number of pyridine rings is 1. The van der Waals surface area contributed by atoms with Crippen LogP contribution in [-0.2, 0) is 19.4 Å². The van der Waals surface area contributed by atoms with E-state index < -0.39 is 20.9 Å². The van der Waals surface area contributed by atoms with Crippen LogP contribution in [0.4, 0.5) is 0 Å². The van der Waals surface area contributed by atoms with Crippen LogP contribution in [0.25, 0.3) is 0 Å². The highest BCUT2D eigenvalue weighted by molar-refractivity contribution is 7.91. The Bertz CT molecular complexity index is 2200. The highest BCUT2D eigenvalue weighted by Crippen LogP contribution is 2.76. The summed E-state index contributed by atoms with van der Waals surface area (Å²) in [4.78, 5) is 17.9. The summed E-state index contributed by atoms with van der Waals surface area (Å²) < 4.78 is 36.3. The monoisotopic (exact) mass is 898 g/mol. The first-order valence-corrected chi connectivity index (χ1v) is 26.9. The molecule has 0 saturated heterocycles. The molecule has 0 spiro atoms. The number of allylic oxidation sites excluding steroid dienone is 5. The molecule has 1 aromatic heterocycles. The van der Waals surface area contributed by atoms with E-state index in [0.29, 0.717) is 86.7 Å². The molecule has 0 amide bonds. The van der Waals surface area contributed by atoms with E-state index in [9.17, 15) is 23.6 Å². The Morgan fingerprint density at radius 3 is 2.36 bits per heavy atom. The van der Waals surface area contributed by atoms with E-state index in [1.54, 1.807) is 18.3 Å². The number of nitriles is 1. The van der Waals surface area contributed by atoms with Crippen molar-refractivity contribution in [3.63, 3.8) is 0 Å². The molecule has 1 heterocycles. The van der Waals surface area contributed by atoms with Gasteiger partial charge in [-0.3, -0.25) is 4.79 Å². The maximum atomic E-state index is 13.6. The van der Waals surface area contributed by atoms with Gasteiger partial charge in [-0.25, -0.2) is 13.4 Å². The fourth-order valence-corrected chi connectivity index (χ4v) is 17.6. The van der Waals surface area contributed by atoms with E-state index in [1.807, 2.05) is 6.92 Å². The van der Waals surface area contributed by atoms with Gasteiger partial charge in [0.2, 0.25) is 5.88 Å². The van der Waals surface area contributed by atoms with Crippen molar-refractivity contribution in [2.24, 2.45) is 56.7 Å². The van der Waals surface area contributed by atoms with Gasteiger partial charge >= 0.3 is 5.97 Å². The van der Waals surface area contributed by atoms with Crippen LogP contribution in [0.1, 0.15) is 163 Å². The van der Waals surface area contributed by atoms with Crippen LogP contribution in [0.5, 0.6) is 5.88 Å². The van der Waals surface area contributed by atoms with Crippen molar-refractivity contribution < 1.29 is 27.8 Å². The van der Waals surface area contributed by atoms with Crippen molar-refractivity contribution in [3.05, 3.63) is 59.3 Å². The Balaban J connectivity index is 1.00. The molecular formula is C54H79N3O6S. The van der Waals surface area contributed by atoms with Crippen LogP contribution in [0.15, 0.2) is 53.8 Å². The van der Waals surface area contributed by atoms with Gasteiger partial charge in [-0.15, -0.1) is 0 Å². The maximum absolute atomic E-state index is 13.6. The molecule has 352 valence electrons. The predicted octanol–water partition coefficient (Wildman–Crippen LogP) is 10.6. The molecule has 7 aliphatic carbocycles. The molecule has 5 saturated carbocycles. The fourth-order valence-electron chi connectivity index (χ4n) is 16.6. The number of hydrogen-bond acceptors (Lipinski definition) is 9. The van der Waals surface area contributed by atoms with Gasteiger partial charge in [-0.05, 0) is 204 Å². The predicted molar refractivity (Wildman–Crippen MR) is 253 cm³/mol. The van der Waals surface area contributed by atoms with Gasteiger partial charge < -0.3 is 19.9 Å². The molecule has 10 heteroatoms. The van der Waals surface area contributed by atoms with Crippen LogP contribution in [0, 0.1) is 68.0 Å². The summed E-state index contributed by atoms with van der Waals surface area (Å²) in [6, 6.07) is 5.56. The molecule has 7 aliphatic rings. The number of rotatable bonds is 12. The molecule has 0 unspecified atom stereocenters. The Kier molecular flexibility index (Phi) is 12.6. The highest BCUT2D eigenvalue weighted by atomic mass is 32.2. The molecule has 0 bridgehead atoms. The molecule has 0 radical (unpaired) electrons. The van der Waals surface area contributed by atoms with Gasteiger partial charge in [-0.2, -0.15) is 5.26 Å². The van der Waals surface area contributed by atoms with Crippen LogP contribution < -0.4 is 10.1 Å². The van der Waals surface area contributed by atoms with E-state index in [2.05, 4.69) is 76.6 Å². The van der Waals surface area contributed by atoms with Crippen molar-refractivity contribution in [2.75, 3.05) is 26.0 Å². The second kappa shape index (κ2) is 17.0. The van der Waals surface area contributed by atoms with Gasteiger partial charge in [-0.1, -0.05) is 58.9 Å². The number of esters is 1. The van der Waals surface area contributed by atoms with Crippen LogP contribution in [0.2, 0.25) is 0 Å². The van der Waals surface area contributed by atoms with Gasteiger partial charge in [0, 0.05) is 18.0 Å². The standard InChI is InChI=1S/C54H79N3O6S/c1-10-62-47(58)52(35-63-46-38(34-55)12-11-32-56-46)24-15-37(16-25-52)41-20-22-49(6)43(48(41,4)5)21-23-51(8)44(49)14-13-42-45-40(36(2)3)19-28-54(45,30-29-50(42,51)7)57-33-31-53(59)26-17-39(18-27-53)64(9,60)61/h11-12,15,20,32,39-40,42-45,57,59H,2,10,13-14,16-19,21-31,33,35H2,1,3-9H3/t39-,40-,42+,43-,44+,45+,49-,50+,51+,52-,53+,54-/m0/s1. The second-order valence-electron chi connectivity index (χ2n) is 23.5. The SMILES string of the molecule is C=C(C)[C@@H]1CC[C@]2(NCC[C@]3(O)CC[C@@H](S(C)(=O)=O)CC3)CC[C@]3(C)[C@H](CC[C@@H]4[C@@]5(C)CC=C(C6=CC[C@](COc7ncccc7C#N)(C(=O)OCC)CC6)C(C)(C)[C@@H]5CC[C@]43C)[C@@H]12. The lowest BCUT2D eigenvalue weighted by Crippen LogP contribution is -2.68. The molecule has 8 rings (SSSR count). The van der Waals surface area contributed by atoms with Gasteiger partial charge in [0.05, 0.1) is 17.5 Å². The molecule has 10 atom stereocenters. The number of nitrogens with zero attached hydrogens (tertiary/aromatic N) is 2.